The van der Waals surface area contributed by atoms with Crippen LogP contribution in [0.2, 0.25) is 10.0 Å². The number of aromatic amines is 1. The molecule has 1 aliphatic rings. The SMILES string of the molecule is N#Cc1ccc(Cl)c(-c2nc3c(NC(=O)C4CC4)nccc3[nH]2)c1Cl. The van der Waals surface area contributed by atoms with Gasteiger partial charge in [0.2, 0.25) is 5.91 Å². The van der Waals surface area contributed by atoms with Crippen molar-refractivity contribution < 1.29 is 4.79 Å². The minimum atomic E-state index is -0.0490. The molecule has 0 atom stereocenters. The Morgan fingerprint density at radius 1 is 1.32 bits per heavy atom. The van der Waals surface area contributed by atoms with Gasteiger partial charge >= 0.3 is 0 Å². The molecular formula is C17H11Cl2N5O. The minimum absolute atomic E-state index is 0.0490. The maximum atomic E-state index is 12.0. The lowest BCUT2D eigenvalue weighted by Gasteiger charge is -2.05. The molecule has 1 aromatic carbocycles. The summed E-state index contributed by atoms with van der Waals surface area (Å²) < 4.78 is 0. The van der Waals surface area contributed by atoms with Crippen molar-refractivity contribution in [3.63, 3.8) is 0 Å². The number of hydrogen-bond donors (Lipinski definition) is 2. The summed E-state index contributed by atoms with van der Waals surface area (Å²) >= 11 is 12.6. The fraction of sp³-hybridized carbons (Fsp3) is 0.176. The van der Waals surface area contributed by atoms with Crippen LogP contribution < -0.4 is 5.32 Å². The van der Waals surface area contributed by atoms with Gasteiger partial charge in [0.05, 0.1) is 26.7 Å². The van der Waals surface area contributed by atoms with Crippen molar-refractivity contribution in [3.8, 4) is 17.5 Å². The van der Waals surface area contributed by atoms with Crippen molar-refractivity contribution >= 4 is 46.0 Å². The first-order valence-electron chi connectivity index (χ1n) is 7.62. The number of aromatic nitrogens is 3. The number of carbonyl (C=O) groups excluding carboxylic acids is 1. The van der Waals surface area contributed by atoms with Gasteiger partial charge in [0.25, 0.3) is 0 Å². The van der Waals surface area contributed by atoms with E-state index in [9.17, 15) is 4.79 Å². The zero-order valence-electron chi connectivity index (χ0n) is 12.8. The summed E-state index contributed by atoms with van der Waals surface area (Å²) in [4.78, 5) is 23.9. The molecule has 6 nitrogen and oxygen atoms in total. The molecule has 2 aromatic heterocycles. The van der Waals surface area contributed by atoms with E-state index >= 15 is 0 Å². The monoisotopic (exact) mass is 371 g/mol. The first-order valence-corrected chi connectivity index (χ1v) is 8.38. The first-order chi connectivity index (χ1) is 12.1. The van der Waals surface area contributed by atoms with Gasteiger partial charge in [-0.2, -0.15) is 5.26 Å². The van der Waals surface area contributed by atoms with Gasteiger partial charge in [0.1, 0.15) is 17.4 Å². The van der Waals surface area contributed by atoms with E-state index in [2.05, 4.69) is 20.3 Å². The molecule has 4 rings (SSSR count). The van der Waals surface area contributed by atoms with E-state index in [-0.39, 0.29) is 16.8 Å². The van der Waals surface area contributed by atoms with Crippen molar-refractivity contribution in [3.05, 3.63) is 40.0 Å². The summed E-state index contributed by atoms with van der Waals surface area (Å²) in [7, 11) is 0. The molecular weight excluding hydrogens is 361 g/mol. The van der Waals surface area contributed by atoms with Crippen molar-refractivity contribution in [1.82, 2.24) is 15.0 Å². The Kier molecular flexibility index (Phi) is 3.83. The Balaban J connectivity index is 1.83. The molecule has 0 bridgehead atoms. The Morgan fingerprint density at radius 2 is 2.12 bits per heavy atom. The Hall–Kier alpha value is -2.62. The number of fused-ring (bicyclic) bond motifs is 1. The number of nitrogens with one attached hydrogen (secondary N) is 2. The molecule has 1 fully saturated rings. The standard InChI is InChI=1S/C17H11Cl2N5O/c18-10-4-3-9(7-20)13(19)12(10)15-22-11-5-6-21-16(14(11)23-15)24-17(25)8-1-2-8/h3-6,8H,1-2H2,(H,22,23)(H,21,24,25). The highest BCUT2D eigenvalue weighted by atomic mass is 35.5. The van der Waals surface area contributed by atoms with Gasteiger partial charge in [-0.15, -0.1) is 0 Å². The van der Waals surface area contributed by atoms with E-state index in [1.807, 2.05) is 6.07 Å². The lowest BCUT2D eigenvalue weighted by molar-refractivity contribution is -0.117. The van der Waals surface area contributed by atoms with Crippen LogP contribution in [0.25, 0.3) is 22.4 Å². The van der Waals surface area contributed by atoms with E-state index in [1.165, 1.54) is 0 Å². The van der Waals surface area contributed by atoms with Crippen LogP contribution in [0.15, 0.2) is 24.4 Å². The lowest BCUT2D eigenvalue weighted by atomic mass is 10.1. The molecule has 0 spiro atoms. The number of rotatable bonds is 3. The van der Waals surface area contributed by atoms with Crippen molar-refractivity contribution in [2.24, 2.45) is 5.92 Å². The molecule has 2 N–H and O–H groups in total. The third-order valence-corrected chi connectivity index (χ3v) is 4.75. The van der Waals surface area contributed by atoms with Gasteiger partial charge in [0.15, 0.2) is 5.82 Å². The molecule has 2 heterocycles. The summed E-state index contributed by atoms with van der Waals surface area (Å²) in [6.07, 6.45) is 3.39. The van der Waals surface area contributed by atoms with Crippen LogP contribution in [0.1, 0.15) is 18.4 Å². The first kappa shape index (κ1) is 15.9. The summed E-state index contributed by atoms with van der Waals surface area (Å²) in [5.74, 6) is 0.816. The number of amides is 1. The second kappa shape index (κ2) is 6.03. The highest BCUT2D eigenvalue weighted by molar-refractivity contribution is 6.39. The van der Waals surface area contributed by atoms with Crippen LogP contribution >= 0.6 is 23.2 Å². The molecule has 1 aliphatic carbocycles. The fourth-order valence-electron chi connectivity index (χ4n) is 2.57. The molecule has 0 saturated heterocycles. The van der Waals surface area contributed by atoms with Gasteiger partial charge in [-0.3, -0.25) is 4.79 Å². The second-order valence-electron chi connectivity index (χ2n) is 5.80. The molecule has 0 unspecified atom stereocenters. The lowest BCUT2D eigenvalue weighted by Crippen LogP contribution is -2.14. The molecule has 1 amide bonds. The average Bonchev–Trinajstić information content (AvgIpc) is 3.35. The summed E-state index contributed by atoms with van der Waals surface area (Å²) in [6, 6.07) is 6.92. The fourth-order valence-corrected chi connectivity index (χ4v) is 3.16. The predicted octanol–water partition coefficient (Wildman–Crippen LogP) is 4.15. The normalized spacial score (nSPS) is 13.6. The second-order valence-corrected chi connectivity index (χ2v) is 6.59. The summed E-state index contributed by atoms with van der Waals surface area (Å²) in [5.41, 5.74) is 1.95. The van der Waals surface area contributed by atoms with Crippen molar-refractivity contribution in [2.75, 3.05) is 5.32 Å². The van der Waals surface area contributed by atoms with Crippen LogP contribution in [-0.4, -0.2) is 20.9 Å². The van der Waals surface area contributed by atoms with E-state index < -0.39 is 0 Å². The number of carbonyl (C=O) groups is 1. The largest absolute Gasteiger partial charge is 0.338 e. The number of nitrogens with zero attached hydrogens (tertiary/aromatic N) is 3. The number of imidazole rings is 1. The van der Waals surface area contributed by atoms with Crippen LogP contribution in [-0.2, 0) is 4.79 Å². The Morgan fingerprint density at radius 3 is 2.84 bits per heavy atom. The summed E-state index contributed by atoms with van der Waals surface area (Å²) in [5, 5.41) is 12.6. The quantitative estimate of drug-likeness (QED) is 0.722. The average molecular weight is 372 g/mol. The number of H-pyrrole nitrogens is 1. The number of pyridine rings is 1. The van der Waals surface area contributed by atoms with Gasteiger partial charge in [-0.05, 0) is 31.0 Å². The molecule has 124 valence electrons. The highest BCUT2D eigenvalue weighted by Gasteiger charge is 2.30. The number of nitriles is 1. The Labute approximate surface area is 152 Å². The van der Waals surface area contributed by atoms with Crippen LogP contribution in [0.5, 0.6) is 0 Å². The van der Waals surface area contributed by atoms with Gasteiger partial charge in [0, 0.05) is 12.1 Å². The topological polar surface area (TPSA) is 94.5 Å². The smallest absolute Gasteiger partial charge is 0.228 e. The van der Waals surface area contributed by atoms with E-state index in [0.29, 0.717) is 38.8 Å². The predicted molar refractivity (Wildman–Crippen MR) is 95.4 cm³/mol. The van der Waals surface area contributed by atoms with Crippen LogP contribution in [0.4, 0.5) is 5.82 Å². The zero-order valence-corrected chi connectivity index (χ0v) is 14.3. The minimum Gasteiger partial charge on any atom is -0.338 e. The molecule has 25 heavy (non-hydrogen) atoms. The molecule has 0 radical (unpaired) electrons. The number of benzene rings is 1. The molecule has 8 heteroatoms. The van der Waals surface area contributed by atoms with Crippen molar-refractivity contribution in [2.45, 2.75) is 12.8 Å². The van der Waals surface area contributed by atoms with E-state index in [0.717, 1.165) is 12.8 Å². The van der Waals surface area contributed by atoms with Crippen LogP contribution in [0.3, 0.4) is 0 Å². The van der Waals surface area contributed by atoms with Crippen molar-refractivity contribution in [1.29, 1.82) is 5.26 Å². The molecule has 3 aromatic rings. The van der Waals surface area contributed by atoms with E-state index in [4.69, 9.17) is 28.5 Å². The number of hydrogen-bond acceptors (Lipinski definition) is 4. The Bertz CT molecular complexity index is 1050. The number of anilines is 1. The maximum Gasteiger partial charge on any atom is 0.228 e. The summed E-state index contributed by atoms with van der Waals surface area (Å²) in [6.45, 7) is 0. The number of halogens is 2. The highest BCUT2D eigenvalue weighted by Crippen LogP contribution is 2.37. The zero-order chi connectivity index (χ0) is 17.6. The third-order valence-electron chi connectivity index (χ3n) is 4.04. The van der Waals surface area contributed by atoms with Gasteiger partial charge in [-0.25, -0.2) is 9.97 Å². The van der Waals surface area contributed by atoms with Crippen LogP contribution in [0, 0.1) is 17.2 Å². The molecule has 1 saturated carbocycles. The maximum absolute atomic E-state index is 12.0. The van der Waals surface area contributed by atoms with Gasteiger partial charge < -0.3 is 10.3 Å². The molecule has 0 aliphatic heterocycles. The van der Waals surface area contributed by atoms with Gasteiger partial charge in [-0.1, -0.05) is 23.2 Å². The third kappa shape index (κ3) is 2.82. The van der Waals surface area contributed by atoms with E-state index in [1.54, 1.807) is 24.4 Å².